The van der Waals surface area contributed by atoms with Gasteiger partial charge >= 0.3 is 8.80 Å². The maximum atomic E-state index is 6.52. The van der Waals surface area contributed by atoms with Gasteiger partial charge in [0, 0.05) is 51.5 Å². The summed E-state index contributed by atoms with van der Waals surface area (Å²) in [4.78, 5) is 4.72. The molecule has 0 N–H and O–H groups in total. The van der Waals surface area contributed by atoms with E-state index in [0.29, 0.717) is 19.8 Å². The van der Waals surface area contributed by atoms with Gasteiger partial charge in [0.2, 0.25) is 0 Å². The van der Waals surface area contributed by atoms with Crippen LogP contribution >= 0.6 is 0 Å². The summed E-state index contributed by atoms with van der Waals surface area (Å²) in [5.74, 6) is 0. The highest BCUT2D eigenvalue weighted by molar-refractivity contribution is 6.62. The maximum absolute atomic E-state index is 6.52. The molecular formula is C15H32N2O4Si. The fourth-order valence-corrected chi connectivity index (χ4v) is 5.94. The fourth-order valence-electron chi connectivity index (χ4n) is 3.05. The second-order valence-corrected chi connectivity index (χ2v) is 9.15. The molecule has 0 aromatic heterocycles. The van der Waals surface area contributed by atoms with Crippen molar-refractivity contribution in [3.05, 3.63) is 0 Å². The second kappa shape index (κ2) is 8.72. The molecule has 22 heavy (non-hydrogen) atoms. The molecule has 0 radical (unpaired) electrons. The molecule has 0 saturated carbocycles. The Labute approximate surface area is 136 Å². The standard InChI is InChI=1S/C15H32N2O4Si/c1-5-19-22(20-6-2)14(3)7-12-18-13-15(21-22)17-10-8-16(4)9-11-17/h14-15H,5-13H2,1-4H3. The SMILES string of the molecule is CCO[Si]1(OCC)OC(N2CCN(C)CC2)COCCC1C. The Morgan fingerprint density at radius 1 is 1.09 bits per heavy atom. The third-order valence-corrected chi connectivity index (χ3v) is 7.97. The molecule has 0 aromatic carbocycles. The van der Waals surface area contributed by atoms with Crippen molar-refractivity contribution in [2.45, 2.75) is 39.0 Å². The Morgan fingerprint density at radius 3 is 2.32 bits per heavy atom. The molecule has 2 heterocycles. The van der Waals surface area contributed by atoms with Crippen molar-refractivity contribution >= 4 is 8.80 Å². The minimum absolute atomic E-state index is 0.0544. The average Bonchev–Trinajstić information content (AvgIpc) is 2.50. The summed E-state index contributed by atoms with van der Waals surface area (Å²) in [6, 6.07) is 0. The predicted octanol–water partition coefficient (Wildman–Crippen LogP) is 1.40. The number of rotatable bonds is 5. The van der Waals surface area contributed by atoms with Gasteiger partial charge in [-0.1, -0.05) is 6.92 Å². The lowest BCUT2D eigenvalue weighted by atomic mass is 10.3. The molecule has 2 saturated heterocycles. The predicted molar refractivity (Wildman–Crippen MR) is 87.8 cm³/mol. The lowest BCUT2D eigenvalue weighted by Gasteiger charge is -2.44. The summed E-state index contributed by atoms with van der Waals surface area (Å²) in [5, 5.41) is 0. The van der Waals surface area contributed by atoms with Crippen LogP contribution in [0, 0.1) is 0 Å². The summed E-state index contributed by atoms with van der Waals surface area (Å²) in [5.41, 5.74) is 0.266. The monoisotopic (exact) mass is 332 g/mol. The van der Waals surface area contributed by atoms with Crippen LogP contribution in [0.5, 0.6) is 0 Å². The topological polar surface area (TPSA) is 43.4 Å². The van der Waals surface area contributed by atoms with E-state index in [1.165, 1.54) is 0 Å². The van der Waals surface area contributed by atoms with E-state index in [0.717, 1.165) is 39.2 Å². The molecule has 0 aliphatic carbocycles. The first-order chi connectivity index (χ1) is 10.6. The van der Waals surface area contributed by atoms with Crippen LogP contribution in [0.25, 0.3) is 0 Å². The molecule has 6 nitrogen and oxygen atoms in total. The van der Waals surface area contributed by atoms with Gasteiger partial charge in [-0.25, -0.2) is 0 Å². The molecule has 2 atom stereocenters. The zero-order valence-electron chi connectivity index (χ0n) is 14.5. The van der Waals surface area contributed by atoms with E-state index in [1.54, 1.807) is 0 Å². The Kier molecular flexibility index (Phi) is 7.26. The minimum atomic E-state index is -2.67. The van der Waals surface area contributed by atoms with Crippen molar-refractivity contribution in [1.82, 2.24) is 9.80 Å². The quantitative estimate of drug-likeness (QED) is 0.709. The van der Waals surface area contributed by atoms with Crippen molar-refractivity contribution in [1.29, 1.82) is 0 Å². The highest BCUT2D eigenvalue weighted by Crippen LogP contribution is 2.32. The molecule has 2 rings (SSSR count). The number of likely N-dealkylation sites (N-methyl/N-ethyl adjacent to an activating group) is 1. The van der Waals surface area contributed by atoms with Gasteiger partial charge in [-0.2, -0.15) is 0 Å². The number of hydrogen-bond donors (Lipinski definition) is 0. The van der Waals surface area contributed by atoms with E-state index in [-0.39, 0.29) is 11.8 Å². The van der Waals surface area contributed by atoms with Crippen LogP contribution in [0.4, 0.5) is 0 Å². The van der Waals surface area contributed by atoms with Crippen LogP contribution in [-0.2, 0) is 18.0 Å². The van der Waals surface area contributed by atoms with E-state index in [1.807, 2.05) is 13.8 Å². The van der Waals surface area contributed by atoms with Crippen molar-refractivity contribution in [2.75, 3.05) is 59.7 Å². The molecule has 0 bridgehead atoms. The van der Waals surface area contributed by atoms with Gasteiger partial charge in [0.1, 0.15) is 6.23 Å². The van der Waals surface area contributed by atoms with Gasteiger partial charge in [-0.05, 0) is 27.3 Å². The summed E-state index contributed by atoms with van der Waals surface area (Å²) >= 11 is 0. The van der Waals surface area contributed by atoms with Crippen molar-refractivity contribution in [2.24, 2.45) is 0 Å². The van der Waals surface area contributed by atoms with E-state index < -0.39 is 8.80 Å². The Morgan fingerprint density at radius 2 is 1.73 bits per heavy atom. The normalized spacial score (nSPS) is 31.6. The average molecular weight is 333 g/mol. The fraction of sp³-hybridized carbons (Fsp3) is 1.00. The van der Waals surface area contributed by atoms with Crippen molar-refractivity contribution in [3.8, 4) is 0 Å². The van der Waals surface area contributed by atoms with Crippen LogP contribution in [0.3, 0.4) is 0 Å². The van der Waals surface area contributed by atoms with Crippen molar-refractivity contribution in [3.63, 3.8) is 0 Å². The van der Waals surface area contributed by atoms with Gasteiger partial charge in [-0.15, -0.1) is 0 Å². The highest BCUT2D eigenvalue weighted by Gasteiger charge is 2.50. The van der Waals surface area contributed by atoms with Crippen LogP contribution in [0.1, 0.15) is 27.2 Å². The molecule has 2 unspecified atom stereocenters. The summed E-state index contributed by atoms with van der Waals surface area (Å²) < 4.78 is 24.5. The molecule has 0 amide bonds. The van der Waals surface area contributed by atoms with Crippen LogP contribution in [0.15, 0.2) is 0 Å². The van der Waals surface area contributed by atoms with Crippen LogP contribution < -0.4 is 0 Å². The zero-order chi connectivity index (χ0) is 16.0. The maximum Gasteiger partial charge on any atom is 0.505 e. The molecule has 2 aliphatic heterocycles. The third-order valence-electron chi connectivity index (χ3n) is 4.50. The molecule has 2 aliphatic rings. The number of ether oxygens (including phenoxy) is 1. The smallest absolute Gasteiger partial charge is 0.377 e. The summed E-state index contributed by atoms with van der Waals surface area (Å²) in [6.07, 6.45) is 0.878. The van der Waals surface area contributed by atoms with E-state index in [4.69, 9.17) is 18.0 Å². The largest absolute Gasteiger partial charge is 0.505 e. The first-order valence-corrected chi connectivity index (χ1v) is 10.4. The lowest BCUT2D eigenvalue weighted by Crippen LogP contribution is -2.60. The molecule has 0 spiro atoms. The number of piperazine rings is 1. The van der Waals surface area contributed by atoms with Crippen LogP contribution in [0.2, 0.25) is 5.54 Å². The summed E-state index contributed by atoms with van der Waals surface area (Å²) in [6.45, 7) is 13.0. The van der Waals surface area contributed by atoms with Gasteiger partial charge in [0.05, 0.1) is 6.61 Å². The molecule has 2 fully saturated rings. The first-order valence-electron chi connectivity index (χ1n) is 8.57. The number of hydrogen-bond acceptors (Lipinski definition) is 6. The van der Waals surface area contributed by atoms with E-state index in [2.05, 4.69) is 23.8 Å². The van der Waals surface area contributed by atoms with Gasteiger partial charge < -0.3 is 22.9 Å². The van der Waals surface area contributed by atoms with Gasteiger partial charge in [-0.3, -0.25) is 4.90 Å². The van der Waals surface area contributed by atoms with Crippen LogP contribution in [-0.4, -0.2) is 84.5 Å². The molecular weight excluding hydrogens is 300 g/mol. The Bertz CT molecular complexity index is 321. The van der Waals surface area contributed by atoms with Crippen molar-refractivity contribution < 1.29 is 18.0 Å². The second-order valence-electron chi connectivity index (χ2n) is 6.15. The molecule has 7 heteroatoms. The lowest BCUT2D eigenvalue weighted by molar-refractivity contribution is -0.106. The van der Waals surface area contributed by atoms with E-state index >= 15 is 0 Å². The van der Waals surface area contributed by atoms with Gasteiger partial charge in [0.15, 0.2) is 0 Å². The Balaban J connectivity index is 2.11. The molecule has 0 aromatic rings. The first kappa shape index (κ1) is 18.3. The number of nitrogens with zero attached hydrogens (tertiary/aromatic N) is 2. The zero-order valence-corrected chi connectivity index (χ0v) is 15.5. The highest BCUT2D eigenvalue weighted by atomic mass is 28.4. The minimum Gasteiger partial charge on any atom is -0.377 e. The molecule has 130 valence electrons. The third kappa shape index (κ3) is 4.50. The Hall–Kier alpha value is -0.0231. The summed E-state index contributed by atoms with van der Waals surface area (Å²) in [7, 11) is -0.507. The van der Waals surface area contributed by atoms with E-state index in [9.17, 15) is 0 Å². The van der Waals surface area contributed by atoms with Gasteiger partial charge in [0.25, 0.3) is 0 Å².